The standard InChI is InChI=1S/C16H8F3N3O2/c17-16(18,19)13-8-15(23)20-14-6-5-10(21-22(13)14)12-7-9-3-1-2-4-11(9)24-12/h1-8H. The average molecular weight is 331 g/mol. The predicted molar refractivity (Wildman–Crippen MR) is 79.5 cm³/mol. The first kappa shape index (κ1) is 14.4. The van der Waals surface area contributed by atoms with Crippen LogP contribution in [0.15, 0.2) is 57.7 Å². The van der Waals surface area contributed by atoms with E-state index in [4.69, 9.17) is 4.42 Å². The van der Waals surface area contributed by atoms with Crippen LogP contribution < -0.4 is 5.56 Å². The first-order chi connectivity index (χ1) is 11.4. The third kappa shape index (κ3) is 2.32. The molecule has 0 aliphatic carbocycles. The molecule has 0 saturated heterocycles. The Morgan fingerprint density at radius 2 is 1.83 bits per heavy atom. The number of halogens is 3. The Morgan fingerprint density at radius 3 is 2.58 bits per heavy atom. The smallest absolute Gasteiger partial charge is 0.433 e. The van der Waals surface area contributed by atoms with Crippen molar-refractivity contribution in [1.29, 1.82) is 0 Å². The normalized spacial score (nSPS) is 12.1. The van der Waals surface area contributed by atoms with Crippen molar-refractivity contribution in [3.63, 3.8) is 0 Å². The summed E-state index contributed by atoms with van der Waals surface area (Å²) in [6.45, 7) is 0. The lowest BCUT2D eigenvalue weighted by atomic mass is 10.2. The monoisotopic (exact) mass is 331 g/mol. The summed E-state index contributed by atoms with van der Waals surface area (Å²) >= 11 is 0. The van der Waals surface area contributed by atoms with Gasteiger partial charge in [0.25, 0.3) is 5.56 Å². The third-order valence-electron chi connectivity index (χ3n) is 3.50. The van der Waals surface area contributed by atoms with E-state index in [0.29, 0.717) is 21.9 Å². The van der Waals surface area contributed by atoms with E-state index < -0.39 is 17.4 Å². The number of hydrogen-bond acceptors (Lipinski definition) is 4. The molecule has 24 heavy (non-hydrogen) atoms. The zero-order valence-electron chi connectivity index (χ0n) is 11.9. The molecule has 0 aliphatic heterocycles. The molecule has 0 spiro atoms. The van der Waals surface area contributed by atoms with Crippen LogP contribution in [-0.2, 0) is 6.18 Å². The van der Waals surface area contributed by atoms with Gasteiger partial charge in [0.2, 0.25) is 0 Å². The van der Waals surface area contributed by atoms with Crippen LogP contribution in [0.25, 0.3) is 28.1 Å². The molecule has 3 heterocycles. The highest BCUT2D eigenvalue weighted by molar-refractivity contribution is 5.82. The Balaban J connectivity index is 1.97. The second-order valence-electron chi connectivity index (χ2n) is 5.11. The van der Waals surface area contributed by atoms with Crippen molar-refractivity contribution >= 4 is 16.6 Å². The fraction of sp³-hybridized carbons (Fsp3) is 0.0625. The SMILES string of the molecule is O=c1cc(C(F)(F)F)n2nc(-c3cc4ccccc4o3)ccc2n1. The molecule has 0 unspecified atom stereocenters. The number of alkyl halides is 3. The molecule has 0 saturated carbocycles. The Kier molecular flexibility index (Phi) is 2.96. The van der Waals surface area contributed by atoms with Crippen molar-refractivity contribution < 1.29 is 17.6 Å². The zero-order valence-corrected chi connectivity index (χ0v) is 11.9. The number of hydrogen-bond donors (Lipinski definition) is 0. The number of rotatable bonds is 1. The number of fused-ring (bicyclic) bond motifs is 2. The van der Waals surface area contributed by atoms with Gasteiger partial charge in [0.15, 0.2) is 17.1 Å². The minimum atomic E-state index is -4.73. The van der Waals surface area contributed by atoms with Crippen LogP contribution >= 0.6 is 0 Å². The highest BCUT2D eigenvalue weighted by Gasteiger charge is 2.35. The molecular weight excluding hydrogens is 323 g/mol. The summed E-state index contributed by atoms with van der Waals surface area (Å²) in [6, 6.07) is 12.1. The summed E-state index contributed by atoms with van der Waals surface area (Å²) in [6.07, 6.45) is -4.73. The topological polar surface area (TPSA) is 60.4 Å². The van der Waals surface area contributed by atoms with E-state index in [1.165, 1.54) is 12.1 Å². The van der Waals surface area contributed by atoms with Crippen LogP contribution in [0.2, 0.25) is 0 Å². The Bertz CT molecular complexity index is 1100. The molecule has 0 radical (unpaired) electrons. The van der Waals surface area contributed by atoms with Crippen LogP contribution in [0.1, 0.15) is 5.69 Å². The van der Waals surface area contributed by atoms with E-state index in [0.717, 1.165) is 5.39 Å². The molecule has 5 nitrogen and oxygen atoms in total. The first-order valence-corrected chi connectivity index (χ1v) is 6.89. The maximum Gasteiger partial charge on any atom is 0.433 e. The van der Waals surface area contributed by atoms with Crippen molar-refractivity contribution in [2.24, 2.45) is 0 Å². The largest absolute Gasteiger partial charge is 0.454 e. The van der Waals surface area contributed by atoms with Gasteiger partial charge in [-0.3, -0.25) is 4.79 Å². The van der Waals surface area contributed by atoms with Gasteiger partial charge in [-0.25, -0.2) is 4.52 Å². The van der Waals surface area contributed by atoms with Gasteiger partial charge in [-0.05, 0) is 24.3 Å². The van der Waals surface area contributed by atoms with E-state index in [-0.39, 0.29) is 11.3 Å². The van der Waals surface area contributed by atoms with Gasteiger partial charge in [0.1, 0.15) is 11.3 Å². The molecule has 120 valence electrons. The molecule has 8 heteroatoms. The quantitative estimate of drug-likeness (QED) is 0.535. The third-order valence-corrected chi connectivity index (χ3v) is 3.50. The van der Waals surface area contributed by atoms with E-state index >= 15 is 0 Å². The van der Waals surface area contributed by atoms with Crippen molar-refractivity contribution in [3.8, 4) is 11.5 Å². The summed E-state index contributed by atoms with van der Waals surface area (Å²) in [5, 5.41) is 4.76. The fourth-order valence-corrected chi connectivity index (χ4v) is 2.44. The van der Waals surface area contributed by atoms with Crippen LogP contribution in [0, 0.1) is 0 Å². The van der Waals surface area contributed by atoms with Crippen molar-refractivity contribution in [2.75, 3.05) is 0 Å². The lowest BCUT2D eigenvalue weighted by Gasteiger charge is -2.10. The van der Waals surface area contributed by atoms with Gasteiger partial charge in [-0.2, -0.15) is 23.3 Å². The summed E-state index contributed by atoms with van der Waals surface area (Å²) in [4.78, 5) is 14.9. The van der Waals surface area contributed by atoms with Gasteiger partial charge in [-0.1, -0.05) is 18.2 Å². The molecule has 0 aliphatic rings. The molecule has 0 bridgehead atoms. The Hall–Kier alpha value is -3.16. The predicted octanol–water partition coefficient (Wildman–Crippen LogP) is 3.52. The van der Waals surface area contributed by atoms with Crippen LogP contribution in [0.4, 0.5) is 13.2 Å². The summed E-state index contributed by atoms with van der Waals surface area (Å²) in [5.74, 6) is 0.324. The first-order valence-electron chi connectivity index (χ1n) is 6.89. The van der Waals surface area contributed by atoms with Gasteiger partial charge in [-0.15, -0.1) is 0 Å². The van der Waals surface area contributed by atoms with Gasteiger partial charge < -0.3 is 4.42 Å². The molecule has 1 aromatic carbocycles. The number of aromatic nitrogens is 3. The van der Waals surface area contributed by atoms with Crippen molar-refractivity contribution in [2.45, 2.75) is 6.18 Å². The lowest BCUT2D eigenvalue weighted by Crippen LogP contribution is -2.20. The van der Waals surface area contributed by atoms with Gasteiger partial charge in [0.05, 0.1) is 0 Å². The number of nitrogens with zero attached hydrogens (tertiary/aromatic N) is 3. The van der Waals surface area contributed by atoms with Crippen molar-refractivity contribution in [3.05, 3.63) is 64.6 Å². The van der Waals surface area contributed by atoms with Crippen LogP contribution in [0.3, 0.4) is 0 Å². The summed E-state index contributed by atoms with van der Waals surface area (Å²) in [5.41, 5.74) is -1.54. The van der Waals surface area contributed by atoms with E-state index in [1.54, 1.807) is 18.2 Å². The van der Waals surface area contributed by atoms with Crippen LogP contribution in [0.5, 0.6) is 0 Å². The maximum atomic E-state index is 13.1. The van der Waals surface area contributed by atoms with Crippen LogP contribution in [-0.4, -0.2) is 14.6 Å². The fourth-order valence-electron chi connectivity index (χ4n) is 2.44. The van der Waals surface area contributed by atoms with Gasteiger partial charge >= 0.3 is 6.18 Å². The minimum absolute atomic E-state index is 0.185. The highest BCUT2D eigenvalue weighted by Crippen LogP contribution is 2.30. The average Bonchev–Trinajstić information content (AvgIpc) is 2.96. The molecule has 0 N–H and O–H groups in total. The lowest BCUT2D eigenvalue weighted by molar-refractivity contribution is -0.142. The molecule has 0 amide bonds. The molecule has 4 aromatic rings. The number of furan rings is 1. The summed E-state index contributed by atoms with van der Waals surface area (Å²) < 4.78 is 45.7. The highest BCUT2D eigenvalue weighted by atomic mass is 19.4. The van der Waals surface area contributed by atoms with Gasteiger partial charge in [0, 0.05) is 11.5 Å². The zero-order chi connectivity index (χ0) is 16.9. The Labute approximate surface area is 132 Å². The minimum Gasteiger partial charge on any atom is -0.454 e. The van der Waals surface area contributed by atoms with E-state index in [2.05, 4.69) is 10.1 Å². The Morgan fingerprint density at radius 1 is 1.04 bits per heavy atom. The molecule has 3 aromatic heterocycles. The van der Waals surface area contributed by atoms with Crippen molar-refractivity contribution in [1.82, 2.24) is 14.6 Å². The summed E-state index contributed by atoms with van der Waals surface area (Å²) in [7, 11) is 0. The molecule has 0 fully saturated rings. The second kappa shape index (κ2) is 4.92. The molecular formula is C16H8F3N3O2. The maximum absolute atomic E-state index is 13.1. The molecule has 4 rings (SSSR count). The number of benzene rings is 1. The second-order valence-corrected chi connectivity index (χ2v) is 5.11. The van der Waals surface area contributed by atoms with E-state index in [9.17, 15) is 18.0 Å². The molecule has 0 atom stereocenters. The van der Waals surface area contributed by atoms with E-state index in [1.807, 2.05) is 12.1 Å². The number of para-hydroxylation sites is 1.